The molecule has 3 nitrogen and oxygen atoms in total. The molecular formula is C21H25N3. The third-order valence-corrected chi connectivity index (χ3v) is 5.86. The summed E-state index contributed by atoms with van der Waals surface area (Å²) in [4.78, 5) is 2.56. The van der Waals surface area contributed by atoms with E-state index >= 15 is 0 Å². The Hall–Kier alpha value is -2.13. The summed E-state index contributed by atoms with van der Waals surface area (Å²) in [6, 6.07) is 22.4. The van der Waals surface area contributed by atoms with E-state index in [-0.39, 0.29) is 0 Å². The molecule has 1 aliphatic carbocycles. The predicted octanol–water partition coefficient (Wildman–Crippen LogP) is 4.15. The normalized spacial score (nSPS) is 32.0. The van der Waals surface area contributed by atoms with Crippen molar-refractivity contribution in [3.05, 3.63) is 71.8 Å². The molecule has 4 rings (SSSR count). The number of piperidine rings is 1. The highest BCUT2D eigenvalue weighted by molar-refractivity contribution is 5.91. The molecule has 2 aromatic carbocycles. The van der Waals surface area contributed by atoms with Gasteiger partial charge in [-0.15, -0.1) is 0 Å². The first kappa shape index (κ1) is 15.4. The smallest absolute Gasteiger partial charge is 0.0475 e. The van der Waals surface area contributed by atoms with Gasteiger partial charge in [-0.1, -0.05) is 67.1 Å². The molecule has 0 radical (unpaired) electrons. The fraction of sp³-hybridized carbons (Fsp3) is 0.381. The van der Waals surface area contributed by atoms with E-state index in [0.29, 0.717) is 23.9 Å². The van der Waals surface area contributed by atoms with E-state index in [2.05, 4.69) is 77.7 Å². The fourth-order valence-corrected chi connectivity index (χ4v) is 4.94. The van der Waals surface area contributed by atoms with E-state index in [1.807, 2.05) is 0 Å². The van der Waals surface area contributed by atoms with Crippen LogP contribution in [0.2, 0.25) is 0 Å². The van der Waals surface area contributed by atoms with Crippen molar-refractivity contribution in [3.63, 3.8) is 0 Å². The van der Waals surface area contributed by atoms with Crippen molar-refractivity contribution in [2.75, 3.05) is 7.05 Å². The summed E-state index contributed by atoms with van der Waals surface area (Å²) < 4.78 is 0. The second-order valence-electron chi connectivity index (χ2n) is 7.07. The van der Waals surface area contributed by atoms with Crippen molar-refractivity contribution < 1.29 is 0 Å². The van der Waals surface area contributed by atoms with Crippen molar-refractivity contribution >= 4 is 5.71 Å². The second-order valence-corrected chi connectivity index (χ2v) is 7.07. The van der Waals surface area contributed by atoms with Gasteiger partial charge in [-0.2, -0.15) is 5.10 Å². The Kier molecular flexibility index (Phi) is 4.11. The lowest BCUT2D eigenvalue weighted by Gasteiger charge is -2.52. The highest BCUT2D eigenvalue weighted by atomic mass is 15.2. The van der Waals surface area contributed by atoms with E-state index in [1.54, 1.807) is 0 Å². The van der Waals surface area contributed by atoms with E-state index < -0.39 is 0 Å². The molecule has 1 aliphatic heterocycles. The third kappa shape index (κ3) is 2.44. The van der Waals surface area contributed by atoms with Gasteiger partial charge < -0.3 is 5.84 Å². The lowest BCUT2D eigenvalue weighted by Crippen LogP contribution is -2.51. The van der Waals surface area contributed by atoms with Crippen molar-refractivity contribution in [1.29, 1.82) is 0 Å². The van der Waals surface area contributed by atoms with Crippen LogP contribution >= 0.6 is 0 Å². The first-order valence-corrected chi connectivity index (χ1v) is 8.90. The molecule has 2 aromatic rings. The molecule has 0 amide bonds. The van der Waals surface area contributed by atoms with Crippen LogP contribution in [0.3, 0.4) is 0 Å². The van der Waals surface area contributed by atoms with E-state index in [0.717, 1.165) is 0 Å². The Balaban J connectivity index is 1.83. The molecule has 2 fully saturated rings. The van der Waals surface area contributed by atoms with Gasteiger partial charge in [-0.25, -0.2) is 0 Å². The molecule has 124 valence electrons. The minimum atomic E-state index is 0.343. The zero-order chi connectivity index (χ0) is 16.5. The topological polar surface area (TPSA) is 41.6 Å². The Labute approximate surface area is 144 Å². The second kappa shape index (κ2) is 6.40. The van der Waals surface area contributed by atoms with Gasteiger partial charge in [0.25, 0.3) is 0 Å². The van der Waals surface area contributed by atoms with Crippen LogP contribution < -0.4 is 5.84 Å². The van der Waals surface area contributed by atoms with E-state index in [1.165, 1.54) is 36.1 Å². The molecule has 2 bridgehead atoms. The number of hydrazone groups is 1. The molecule has 1 saturated heterocycles. The number of benzene rings is 2. The van der Waals surface area contributed by atoms with Crippen LogP contribution in [0.1, 0.15) is 42.5 Å². The number of hydrogen-bond donors (Lipinski definition) is 1. The lowest BCUT2D eigenvalue weighted by atomic mass is 9.66. The fourth-order valence-electron chi connectivity index (χ4n) is 4.94. The van der Waals surface area contributed by atoms with Crippen LogP contribution in [0.5, 0.6) is 0 Å². The molecular weight excluding hydrogens is 294 g/mol. The van der Waals surface area contributed by atoms with E-state index in [9.17, 15) is 0 Å². The third-order valence-electron chi connectivity index (χ3n) is 5.86. The van der Waals surface area contributed by atoms with Gasteiger partial charge in [0.15, 0.2) is 0 Å². The monoisotopic (exact) mass is 319 g/mol. The van der Waals surface area contributed by atoms with Crippen LogP contribution in [0.15, 0.2) is 65.8 Å². The van der Waals surface area contributed by atoms with Crippen molar-refractivity contribution in [2.24, 2.45) is 22.8 Å². The summed E-state index contributed by atoms with van der Waals surface area (Å²) in [6.45, 7) is 0. The lowest BCUT2D eigenvalue weighted by molar-refractivity contribution is 0.0669. The zero-order valence-corrected chi connectivity index (χ0v) is 14.2. The molecule has 1 saturated carbocycles. The van der Waals surface area contributed by atoms with Crippen molar-refractivity contribution in [2.45, 2.75) is 31.3 Å². The van der Waals surface area contributed by atoms with Crippen LogP contribution in [-0.4, -0.2) is 17.7 Å². The van der Waals surface area contributed by atoms with Gasteiger partial charge in [0, 0.05) is 29.6 Å². The molecule has 3 heteroatoms. The first-order chi connectivity index (χ1) is 11.8. The summed E-state index contributed by atoms with van der Waals surface area (Å²) >= 11 is 0. The minimum absolute atomic E-state index is 0.343. The van der Waals surface area contributed by atoms with Gasteiger partial charge in [-0.05, 0) is 31.0 Å². The number of rotatable bonds is 2. The highest BCUT2D eigenvalue weighted by Crippen LogP contribution is 2.51. The summed E-state index contributed by atoms with van der Waals surface area (Å²) in [5.41, 5.74) is 3.96. The van der Waals surface area contributed by atoms with Crippen molar-refractivity contribution in [1.82, 2.24) is 4.90 Å². The molecule has 2 aliphatic rings. The SMILES string of the molecule is CN1[C@H](c2ccccc2)[C@H]2CCC[C@@H](C2=NN)[C@@H]1c1ccccc1. The quantitative estimate of drug-likeness (QED) is 0.667. The Morgan fingerprint density at radius 2 is 1.29 bits per heavy atom. The summed E-state index contributed by atoms with van der Waals surface area (Å²) in [5.74, 6) is 6.75. The predicted molar refractivity (Wildman–Crippen MR) is 98.6 cm³/mol. The molecule has 2 N–H and O–H groups in total. The van der Waals surface area contributed by atoms with Crippen LogP contribution in [0, 0.1) is 11.8 Å². The zero-order valence-electron chi connectivity index (χ0n) is 14.2. The summed E-state index contributed by atoms with van der Waals surface area (Å²) in [7, 11) is 2.27. The molecule has 0 spiro atoms. The maximum absolute atomic E-state index is 5.89. The highest BCUT2D eigenvalue weighted by Gasteiger charge is 2.48. The van der Waals surface area contributed by atoms with Gasteiger partial charge in [-0.3, -0.25) is 4.90 Å². The number of fused-ring (bicyclic) bond motifs is 2. The van der Waals surface area contributed by atoms with Crippen LogP contribution in [-0.2, 0) is 0 Å². The molecule has 4 atom stereocenters. The Morgan fingerprint density at radius 3 is 1.71 bits per heavy atom. The van der Waals surface area contributed by atoms with Gasteiger partial charge in [0.1, 0.15) is 0 Å². The number of likely N-dealkylation sites (tertiary alicyclic amines) is 1. The Morgan fingerprint density at radius 1 is 0.833 bits per heavy atom. The number of nitrogens with zero attached hydrogens (tertiary/aromatic N) is 2. The largest absolute Gasteiger partial charge is 0.323 e. The van der Waals surface area contributed by atoms with Gasteiger partial charge in [0.05, 0.1) is 0 Å². The summed E-state index contributed by atoms with van der Waals surface area (Å²) in [5, 5.41) is 4.31. The standard InChI is InChI=1S/C21H25N3/c1-24-20(15-9-4-2-5-10-15)17-13-8-14-18(19(17)23-22)21(24)16-11-6-3-7-12-16/h2-7,9-12,17-18,20-21H,8,13-14,22H2,1H3/t17-,18-,20-,21+/m0/s1. The van der Waals surface area contributed by atoms with Crippen LogP contribution in [0.4, 0.5) is 0 Å². The maximum atomic E-state index is 5.89. The molecule has 0 unspecified atom stereocenters. The minimum Gasteiger partial charge on any atom is -0.323 e. The Bertz CT molecular complexity index is 653. The maximum Gasteiger partial charge on any atom is 0.0475 e. The molecule has 1 heterocycles. The van der Waals surface area contributed by atoms with E-state index in [4.69, 9.17) is 5.84 Å². The summed E-state index contributed by atoms with van der Waals surface area (Å²) in [6.07, 6.45) is 3.62. The number of hydrogen-bond acceptors (Lipinski definition) is 3. The molecule has 0 aromatic heterocycles. The van der Waals surface area contributed by atoms with Crippen molar-refractivity contribution in [3.8, 4) is 0 Å². The van der Waals surface area contributed by atoms with Gasteiger partial charge in [0.2, 0.25) is 0 Å². The van der Waals surface area contributed by atoms with Crippen LogP contribution in [0.25, 0.3) is 0 Å². The average Bonchev–Trinajstić information content (AvgIpc) is 2.63. The molecule has 24 heavy (non-hydrogen) atoms. The van der Waals surface area contributed by atoms with Gasteiger partial charge >= 0.3 is 0 Å². The number of nitrogens with two attached hydrogens (primary N) is 1. The first-order valence-electron chi connectivity index (χ1n) is 8.90. The average molecular weight is 319 g/mol.